The second-order valence-electron chi connectivity index (χ2n) is 5.86. The number of carbonyl (C=O) groups is 1. The van der Waals surface area contributed by atoms with Gasteiger partial charge in [-0.2, -0.15) is 0 Å². The zero-order chi connectivity index (χ0) is 15.4. The van der Waals surface area contributed by atoms with Crippen LogP contribution in [0.5, 0.6) is 0 Å². The van der Waals surface area contributed by atoms with Crippen molar-refractivity contribution in [2.45, 2.75) is 50.5 Å². The minimum atomic E-state index is -0.895. The molecule has 2 aromatic rings. The molecule has 0 aliphatic heterocycles. The summed E-state index contributed by atoms with van der Waals surface area (Å²) < 4.78 is 1.52. The summed E-state index contributed by atoms with van der Waals surface area (Å²) in [6.45, 7) is 0. The number of carboxylic acids is 1. The molecule has 1 unspecified atom stereocenters. The molecule has 1 saturated carbocycles. The monoisotopic (exact) mass is 300 g/mol. The van der Waals surface area contributed by atoms with Gasteiger partial charge in [-0.1, -0.05) is 49.6 Å². The molecule has 0 bridgehead atoms. The van der Waals surface area contributed by atoms with Crippen LogP contribution in [0.15, 0.2) is 30.3 Å². The van der Waals surface area contributed by atoms with E-state index in [2.05, 4.69) is 15.5 Å². The fourth-order valence-electron chi connectivity index (χ4n) is 3.17. The van der Waals surface area contributed by atoms with E-state index >= 15 is 0 Å². The molecule has 0 amide bonds. The van der Waals surface area contributed by atoms with Crippen molar-refractivity contribution in [2.75, 3.05) is 0 Å². The topological polar surface area (TPSA) is 80.9 Å². The Morgan fingerprint density at radius 2 is 1.95 bits per heavy atom. The van der Waals surface area contributed by atoms with E-state index in [0.29, 0.717) is 6.42 Å². The molecule has 22 heavy (non-hydrogen) atoms. The predicted octanol–water partition coefficient (Wildman–Crippen LogP) is 2.59. The molecule has 1 aromatic carbocycles. The van der Waals surface area contributed by atoms with Crippen LogP contribution >= 0.6 is 0 Å². The highest BCUT2D eigenvalue weighted by atomic mass is 16.4. The average Bonchev–Trinajstić information content (AvgIpc) is 3.03. The largest absolute Gasteiger partial charge is 0.480 e. The molecule has 6 heteroatoms. The molecule has 0 saturated heterocycles. The van der Waals surface area contributed by atoms with Crippen LogP contribution in [-0.4, -0.2) is 31.3 Å². The Labute approximate surface area is 129 Å². The third-order valence-electron chi connectivity index (χ3n) is 4.34. The number of benzene rings is 1. The third-order valence-corrected chi connectivity index (χ3v) is 4.34. The number of carboxylic acid groups (broad SMARTS) is 1. The Morgan fingerprint density at radius 3 is 2.64 bits per heavy atom. The fraction of sp³-hybridized carbons (Fsp3) is 0.500. The highest BCUT2D eigenvalue weighted by Crippen LogP contribution is 2.32. The van der Waals surface area contributed by atoms with E-state index < -0.39 is 12.0 Å². The maximum atomic E-state index is 11.7. The predicted molar refractivity (Wildman–Crippen MR) is 80.5 cm³/mol. The van der Waals surface area contributed by atoms with E-state index in [1.165, 1.54) is 11.1 Å². The van der Waals surface area contributed by atoms with E-state index in [-0.39, 0.29) is 5.92 Å². The van der Waals surface area contributed by atoms with Crippen LogP contribution in [0.3, 0.4) is 0 Å². The second-order valence-corrected chi connectivity index (χ2v) is 5.86. The molecular formula is C16H20N4O2. The average molecular weight is 300 g/mol. The molecule has 0 radical (unpaired) electrons. The standard InChI is InChI=1S/C16H20N4O2/c21-16(22)14(11-12-7-3-1-4-8-12)20-15(17-18-19-20)13-9-5-2-6-10-13/h1,3-4,7-8,13-14H,2,5-6,9-11H2,(H,21,22). The fourth-order valence-corrected chi connectivity index (χ4v) is 3.17. The van der Waals surface area contributed by atoms with Gasteiger partial charge < -0.3 is 5.11 Å². The second kappa shape index (κ2) is 6.68. The van der Waals surface area contributed by atoms with Gasteiger partial charge in [-0.05, 0) is 28.8 Å². The number of tetrazole rings is 1. The van der Waals surface area contributed by atoms with E-state index in [4.69, 9.17) is 0 Å². The maximum Gasteiger partial charge on any atom is 0.328 e. The minimum absolute atomic E-state index is 0.279. The highest BCUT2D eigenvalue weighted by Gasteiger charge is 2.29. The summed E-state index contributed by atoms with van der Waals surface area (Å²) in [7, 11) is 0. The Balaban J connectivity index is 1.86. The summed E-state index contributed by atoms with van der Waals surface area (Å²) in [5, 5.41) is 21.5. The number of aromatic nitrogens is 4. The van der Waals surface area contributed by atoms with Crippen molar-refractivity contribution in [3.8, 4) is 0 Å². The summed E-state index contributed by atoms with van der Waals surface area (Å²) in [6.07, 6.45) is 6.03. The summed E-state index contributed by atoms with van der Waals surface area (Å²) in [5.41, 5.74) is 0.972. The minimum Gasteiger partial charge on any atom is -0.480 e. The van der Waals surface area contributed by atoms with Gasteiger partial charge in [-0.15, -0.1) is 5.10 Å². The normalized spacial score (nSPS) is 17.3. The Hall–Kier alpha value is -2.24. The molecule has 1 atom stereocenters. The molecule has 1 fully saturated rings. The Bertz CT molecular complexity index is 620. The van der Waals surface area contributed by atoms with E-state index in [9.17, 15) is 9.90 Å². The number of rotatable bonds is 5. The zero-order valence-corrected chi connectivity index (χ0v) is 12.4. The molecule has 1 aliphatic carbocycles. The van der Waals surface area contributed by atoms with Crippen LogP contribution in [0.4, 0.5) is 0 Å². The quantitative estimate of drug-likeness (QED) is 0.918. The number of hydrogen-bond donors (Lipinski definition) is 1. The lowest BCUT2D eigenvalue weighted by molar-refractivity contribution is -0.141. The van der Waals surface area contributed by atoms with Crippen LogP contribution in [0.2, 0.25) is 0 Å². The molecule has 3 rings (SSSR count). The van der Waals surface area contributed by atoms with Crippen molar-refractivity contribution in [3.05, 3.63) is 41.7 Å². The van der Waals surface area contributed by atoms with Crippen molar-refractivity contribution >= 4 is 5.97 Å². The van der Waals surface area contributed by atoms with E-state index in [1.807, 2.05) is 30.3 Å². The van der Waals surface area contributed by atoms with Crippen molar-refractivity contribution in [1.82, 2.24) is 20.2 Å². The van der Waals surface area contributed by atoms with E-state index in [1.54, 1.807) is 0 Å². The van der Waals surface area contributed by atoms with Gasteiger partial charge in [0.15, 0.2) is 11.9 Å². The van der Waals surface area contributed by atoms with Gasteiger partial charge in [-0.3, -0.25) is 0 Å². The lowest BCUT2D eigenvalue weighted by atomic mass is 9.88. The smallest absolute Gasteiger partial charge is 0.328 e. The van der Waals surface area contributed by atoms with E-state index in [0.717, 1.165) is 37.1 Å². The van der Waals surface area contributed by atoms with Gasteiger partial charge in [0.2, 0.25) is 0 Å². The van der Waals surface area contributed by atoms with Gasteiger partial charge in [0.25, 0.3) is 0 Å². The van der Waals surface area contributed by atoms with Crippen molar-refractivity contribution in [1.29, 1.82) is 0 Å². The number of aliphatic carboxylic acids is 1. The van der Waals surface area contributed by atoms with Crippen LogP contribution < -0.4 is 0 Å². The first-order valence-corrected chi connectivity index (χ1v) is 7.80. The van der Waals surface area contributed by atoms with Crippen LogP contribution in [-0.2, 0) is 11.2 Å². The molecule has 1 aliphatic rings. The highest BCUT2D eigenvalue weighted by molar-refractivity contribution is 5.72. The van der Waals surface area contributed by atoms with Gasteiger partial charge in [0, 0.05) is 12.3 Å². The molecule has 1 heterocycles. The van der Waals surface area contributed by atoms with Crippen molar-refractivity contribution in [3.63, 3.8) is 0 Å². The first kappa shape index (κ1) is 14.7. The molecule has 1 N–H and O–H groups in total. The lowest BCUT2D eigenvalue weighted by Gasteiger charge is -2.22. The first-order valence-electron chi connectivity index (χ1n) is 7.80. The Kier molecular flexibility index (Phi) is 4.46. The van der Waals surface area contributed by atoms with Crippen LogP contribution in [0, 0.1) is 0 Å². The molecular weight excluding hydrogens is 280 g/mol. The van der Waals surface area contributed by atoms with Crippen molar-refractivity contribution < 1.29 is 9.90 Å². The molecule has 0 spiro atoms. The zero-order valence-electron chi connectivity index (χ0n) is 12.4. The van der Waals surface area contributed by atoms with Gasteiger partial charge in [0.05, 0.1) is 0 Å². The van der Waals surface area contributed by atoms with Crippen LogP contribution in [0.1, 0.15) is 55.5 Å². The van der Waals surface area contributed by atoms with Gasteiger partial charge in [0.1, 0.15) is 0 Å². The summed E-state index contributed by atoms with van der Waals surface area (Å²) in [5.74, 6) is 0.109. The lowest BCUT2D eigenvalue weighted by Crippen LogP contribution is -2.26. The SMILES string of the molecule is O=C(O)C(Cc1ccccc1)n1nnnc1C1CCCCC1. The molecule has 1 aromatic heterocycles. The number of nitrogens with zero attached hydrogens (tertiary/aromatic N) is 4. The number of hydrogen-bond acceptors (Lipinski definition) is 4. The van der Waals surface area contributed by atoms with Gasteiger partial charge >= 0.3 is 5.97 Å². The first-order chi connectivity index (χ1) is 10.8. The maximum absolute atomic E-state index is 11.7. The molecule has 116 valence electrons. The van der Waals surface area contributed by atoms with Crippen LogP contribution in [0.25, 0.3) is 0 Å². The van der Waals surface area contributed by atoms with Crippen molar-refractivity contribution in [2.24, 2.45) is 0 Å². The Morgan fingerprint density at radius 1 is 1.23 bits per heavy atom. The third kappa shape index (κ3) is 3.16. The molecule has 6 nitrogen and oxygen atoms in total. The summed E-state index contributed by atoms with van der Waals surface area (Å²) in [4.78, 5) is 11.7. The summed E-state index contributed by atoms with van der Waals surface area (Å²) in [6, 6.07) is 8.85. The summed E-state index contributed by atoms with van der Waals surface area (Å²) >= 11 is 0. The van der Waals surface area contributed by atoms with Gasteiger partial charge in [-0.25, -0.2) is 9.48 Å².